The molecule has 2 aliphatic heterocycles. The van der Waals surface area contributed by atoms with Crippen molar-refractivity contribution in [2.24, 2.45) is 21.6 Å². The maximum atomic E-state index is 10.1. The second kappa shape index (κ2) is 5.59. The van der Waals surface area contributed by atoms with Crippen molar-refractivity contribution in [2.75, 3.05) is 20.3 Å². The molecule has 5 atom stereocenters. The maximum Gasteiger partial charge on any atom is 0.293 e. The van der Waals surface area contributed by atoms with Crippen LogP contribution < -0.4 is 15.2 Å². The zero-order valence-electron chi connectivity index (χ0n) is 15.4. The molecule has 0 bridgehead atoms. The molecule has 1 aromatic carbocycles. The third kappa shape index (κ3) is 1.84. The second-order valence-corrected chi connectivity index (χ2v) is 6.93. The standard InChI is InChI=1S/C19H20N4O4/c1-4-25-13-6-5-12(7-14(13)24-3)15-17(9-20)16(22)23-19(18(15,17)10-21)26-8-11(2)27-19/h5-7,11,15H,4,8H2,1-3H3,(H2,22,23)/t11-,15-,17+,18+,19+/m0/s1. The van der Waals surface area contributed by atoms with Gasteiger partial charge >= 0.3 is 0 Å². The molecule has 2 N–H and O–H groups in total. The number of methoxy groups -OCH3 is 1. The summed E-state index contributed by atoms with van der Waals surface area (Å²) < 4.78 is 22.7. The molecule has 8 nitrogen and oxygen atoms in total. The summed E-state index contributed by atoms with van der Waals surface area (Å²) in [5.74, 6) is -0.931. The minimum Gasteiger partial charge on any atom is -0.493 e. The van der Waals surface area contributed by atoms with Gasteiger partial charge in [0.2, 0.25) is 0 Å². The van der Waals surface area contributed by atoms with Gasteiger partial charge < -0.3 is 24.7 Å². The van der Waals surface area contributed by atoms with Crippen molar-refractivity contribution in [1.82, 2.24) is 0 Å². The number of hydrogen-bond acceptors (Lipinski definition) is 8. The van der Waals surface area contributed by atoms with Crippen molar-refractivity contribution >= 4 is 5.84 Å². The Hall–Kier alpha value is -2.81. The Bertz CT molecular complexity index is 919. The number of ether oxygens (including phenoxy) is 4. The number of rotatable bonds is 4. The summed E-state index contributed by atoms with van der Waals surface area (Å²) in [7, 11) is 1.54. The number of fused-ring (bicyclic) bond motifs is 2. The molecule has 1 aromatic rings. The first kappa shape index (κ1) is 17.6. The molecule has 1 saturated heterocycles. The summed E-state index contributed by atoms with van der Waals surface area (Å²) in [6.07, 6.45) is -0.252. The molecule has 2 heterocycles. The highest BCUT2D eigenvalue weighted by atomic mass is 16.8. The molecule has 4 rings (SSSR count). The summed E-state index contributed by atoms with van der Waals surface area (Å²) in [5, 5.41) is 20.2. The molecule has 140 valence electrons. The van der Waals surface area contributed by atoms with Gasteiger partial charge in [-0.05, 0) is 31.5 Å². The van der Waals surface area contributed by atoms with Crippen molar-refractivity contribution in [3.05, 3.63) is 23.8 Å². The van der Waals surface area contributed by atoms with E-state index in [4.69, 9.17) is 24.7 Å². The third-order valence-corrected chi connectivity index (χ3v) is 5.62. The largest absolute Gasteiger partial charge is 0.493 e. The molecule has 0 amide bonds. The van der Waals surface area contributed by atoms with Gasteiger partial charge in [0, 0.05) is 5.92 Å². The summed E-state index contributed by atoms with van der Waals surface area (Å²) in [6, 6.07) is 9.86. The maximum absolute atomic E-state index is 10.1. The van der Waals surface area contributed by atoms with Crippen molar-refractivity contribution < 1.29 is 18.9 Å². The minimum absolute atomic E-state index is 0.0681. The van der Waals surface area contributed by atoms with Gasteiger partial charge in [0.05, 0.1) is 38.6 Å². The van der Waals surface area contributed by atoms with E-state index < -0.39 is 22.7 Å². The van der Waals surface area contributed by atoms with Gasteiger partial charge in [0.25, 0.3) is 5.91 Å². The molecule has 0 radical (unpaired) electrons. The topological polar surface area (TPSA) is 123 Å². The van der Waals surface area contributed by atoms with Crippen molar-refractivity contribution in [3.8, 4) is 23.6 Å². The number of amidine groups is 1. The lowest BCUT2D eigenvalue weighted by molar-refractivity contribution is -0.193. The van der Waals surface area contributed by atoms with E-state index in [2.05, 4.69) is 17.1 Å². The van der Waals surface area contributed by atoms with E-state index >= 15 is 0 Å². The molecule has 0 aromatic heterocycles. The minimum atomic E-state index is -1.56. The average molecular weight is 368 g/mol. The fourth-order valence-electron chi connectivity index (χ4n) is 4.50. The van der Waals surface area contributed by atoms with Crippen LogP contribution in [0.2, 0.25) is 0 Å². The van der Waals surface area contributed by atoms with Crippen molar-refractivity contribution in [1.29, 1.82) is 10.5 Å². The van der Waals surface area contributed by atoms with Crippen LogP contribution in [0.5, 0.6) is 11.5 Å². The van der Waals surface area contributed by atoms with Gasteiger partial charge in [-0.1, -0.05) is 6.07 Å². The molecule has 1 spiro atoms. The smallest absolute Gasteiger partial charge is 0.293 e. The van der Waals surface area contributed by atoms with E-state index in [1.54, 1.807) is 12.1 Å². The third-order valence-electron chi connectivity index (χ3n) is 5.62. The average Bonchev–Trinajstić information content (AvgIpc) is 3.06. The summed E-state index contributed by atoms with van der Waals surface area (Å²) in [4.78, 5) is 4.30. The number of nitrogens with two attached hydrogens (primary N) is 1. The van der Waals surface area contributed by atoms with Crippen LogP contribution in [0.4, 0.5) is 0 Å². The predicted octanol–water partition coefficient (Wildman–Crippen LogP) is 1.67. The van der Waals surface area contributed by atoms with Gasteiger partial charge in [-0.15, -0.1) is 0 Å². The zero-order chi connectivity index (χ0) is 19.4. The number of nitriles is 2. The second-order valence-electron chi connectivity index (χ2n) is 6.93. The molecule has 3 aliphatic rings. The highest BCUT2D eigenvalue weighted by Gasteiger charge is 2.94. The Balaban J connectivity index is 1.85. The number of aliphatic imine (C=N–C) groups is 1. The van der Waals surface area contributed by atoms with Crippen LogP contribution in [0.25, 0.3) is 0 Å². The molecule has 2 fully saturated rings. The van der Waals surface area contributed by atoms with E-state index in [-0.39, 0.29) is 18.5 Å². The zero-order valence-corrected chi connectivity index (χ0v) is 15.4. The fraction of sp³-hybridized carbons (Fsp3) is 0.526. The van der Waals surface area contributed by atoms with Crippen LogP contribution in [0, 0.1) is 33.5 Å². The van der Waals surface area contributed by atoms with Crippen molar-refractivity contribution in [2.45, 2.75) is 31.8 Å². The molecule has 1 saturated carbocycles. The molecule has 0 unspecified atom stereocenters. The van der Waals surface area contributed by atoms with Crippen LogP contribution in [-0.4, -0.2) is 38.2 Å². The van der Waals surface area contributed by atoms with Gasteiger partial charge in [0.1, 0.15) is 11.3 Å². The molecule has 27 heavy (non-hydrogen) atoms. The summed E-state index contributed by atoms with van der Waals surface area (Å²) in [6.45, 7) is 4.48. The molecular weight excluding hydrogens is 348 g/mol. The van der Waals surface area contributed by atoms with E-state index in [9.17, 15) is 10.5 Å². The van der Waals surface area contributed by atoms with Crippen LogP contribution in [0.1, 0.15) is 25.3 Å². The number of hydrogen-bond donors (Lipinski definition) is 1. The summed E-state index contributed by atoms with van der Waals surface area (Å²) >= 11 is 0. The van der Waals surface area contributed by atoms with E-state index in [0.717, 1.165) is 5.56 Å². The van der Waals surface area contributed by atoms with Gasteiger partial charge in [-0.25, -0.2) is 4.99 Å². The van der Waals surface area contributed by atoms with Gasteiger partial charge in [-0.3, -0.25) is 0 Å². The van der Waals surface area contributed by atoms with E-state index in [0.29, 0.717) is 18.1 Å². The lowest BCUT2D eigenvalue weighted by Gasteiger charge is -2.26. The number of benzene rings is 1. The van der Waals surface area contributed by atoms with Gasteiger partial charge in [0.15, 0.2) is 16.9 Å². The Kier molecular flexibility index (Phi) is 3.64. The Morgan fingerprint density at radius 3 is 2.67 bits per heavy atom. The van der Waals surface area contributed by atoms with Crippen LogP contribution in [0.3, 0.4) is 0 Å². The Morgan fingerprint density at radius 1 is 1.33 bits per heavy atom. The molecular formula is C19H20N4O4. The van der Waals surface area contributed by atoms with Crippen LogP contribution >= 0.6 is 0 Å². The lowest BCUT2D eigenvalue weighted by atomic mass is 9.94. The normalized spacial score (nSPS) is 38.6. The summed E-state index contributed by atoms with van der Waals surface area (Å²) in [5.41, 5.74) is 4.24. The predicted molar refractivity (Wildman–Crippen MR) is 93.8 cm³/mol. The van der Waals surface area contributed by atoms with Crippen LogP contribution in [-0.2, 0) is 9.47 Å². The lowest BCUT2D eigenvalue weighted by Crippen LogP contribution is -2.39. The van der Waals surface area contributed by atoms with Gasteiger partial charge in [-0.2, -0.15) is 10.5 Å². The quantitative estimate of drug-likeness (QED) is 0.857. The van der Waals surface area contributed by atoms with E-state index in [1.165, 1.54) is 7.11 Å². The van der Waals surface area contributed by atoms with Crippen molar-refractivity contribution in [3.63, 3.8) is 0 Å². The van der Waals surface area contributed by atoms with E-state index in [1.807, 2.05) is 19.9 Å². The Morgan fingerprint density at radius 2 is 2.11 bits per heavy atom. The highest BCUT2D eigenvalue weighted by Crippen LogP contribution is 2.82. The number of nitrogens with zero attached hydrogens (tertiary/aromatic N) is 3. The first-order valence-corrected chi connectivity index (χ1v) is 8.77. The SMILES string of the molecule is CCOc1ccc([C@@H]2[C@@]3(C#N)[C@@]4(N=C(N)[C@@]23C#N)OC[C@H](C)O4)cc1OC. The molecule has 8 heteroatoms. The fourth-order valence-corrected chi connectivity index (χ4v) is 4.50. The first-order chi connectivity index (χ1) is 13.0. The molecule has 1 aliphatic carbocycles. The Labute approximate surface area is 157 Å². The first-order valence-electron chi connectivity index (χ1n) is 8.77. The monoisotopic (exact) mass is 368 g/mol. The highest BCUT2D eigenvalue weighted by molar-refractivity contribution is 6.00. The van der Waals surface area contributed by atoms with Crippen LogP contribution in [0.15, 0.2) is 23.2 Å².